The Balaban J connectivity index is 1.94. The average molecular weight is 325 g/mol. The standard InChI is InChI=1S/C19H18O5/c1-10-11(6-7-18(20)21)19(22)24-16-9-17-14(8-13(10)16)12-4-2-3-5-15(12)23-17/h8-9H,2-7H2,1H3,(H,20,21)/p-1. The summed E-state index contributed by atoms with van der Waals surface area (Å²) in [5.41, 5.74) is 3.17. The Morgan fingerprint density at radius 2 is 1.88 bits per heavy atom. The van der Waals surface area contributed by atoms with E-state index in [1.165, 1.54) is 5.56 Å². The second-order valence-corrected chi connectivity index (χ2v) is 6.42. The molecule has 1 aromatic carbocycles. The van der Waals surface area contributed by atoms with Gasteiger partial charge >= 0.3 is 5.63 Å². The van der Waals surface area contributed by atoms with Crippen LogP contribution in [0.1, 0.15) is 41.7 Å². The van der Waals surface area contributed by atoms with Gasteiger partial charge in [-0.25, -0.2) is 4.79 Å². The number of rotatable bonds is 3. The summed E-state index contributed by atoms with van der Waals surface area (Å²) in [6.07, 6.45) is 4.16. The van der Waals surface area contributed by atoms with Gasteiger partial charge in [0.25, 0.3) is 0 Å². The minimum absolute atomic E-state index is 0.119. The molecular formula is C19H17O5-. The zero-order valence-corrected chi connectivity index (χ0v) is 13.4. The van der Waals surface area contributed by atoms with Crippen LogP contribution in [-0.4, -0.2) is 5.97 Å². The normalized spacial score (nSPS) is 14.2. The summed E-state index contributed by atoms with van der Waals surface area (Å²) in [5, 5.41) is 12.6. The Morgan fingerprint density at radius 1 is 1.12 bits per heavy atom. The lowest BCUT2D eigenvalue weighted by Crippen LogP contribution is -2.24. The second kappa shape index (κ2) is 5.51. The second-order valence-electron chi connectivity index (χ2n) is 6.42. The van der Waals surface area contributed by atoms with Gasteiger partial charge in [-0.3, -0.25) is 0 Å². The van der Waals surface area contributed by atoms with E-state index in [0.717, 1.165) is 53.4 Å². The molecule has 0 bridgehead atoms. The van der Waals surface area contributed by atoms with Crippen LogP contribution in [0, 0.1) is 6.92 Å². The summed E-state index contributed by atoms with van der Waals surface area (Å²) in [7, 11) is 0. The Hall–Kier alpha value is -2.56. The van der Waals surface area contributed by atoms with Crippen molar-refractivity contribution in [1.82, 2.24) is 0 Å². The highest BCUT2D eigenvalue weighted by atomic mass is 16.4. The summed E-state index contributed by atoms with van der Waals surface area (Å²) in [6.45, 7) is 1.84. The predicted molar refractivity (Wildman–Crippen MR) is 87.0 cm³/mol. The van der Waals surface area contributed by atoms with Gasteiger partial charge in [0.2, 0.25) is 0 Å². The molecule has 1 aliphatic carbocycles. The lowest BCUT2D eigenvalue weighted by atomic mass is 9.94. The van der Waals surface area contributed by atoms with Crippen molar-refractivity contribution in [3.05, 3.63) is 45.0 Å². The molecule has 2 aromatic heterocycles. The van der Waals surface area contributed by atoms with Crippen LogP contribution in [0.15, 0.2) is 25.8 Å². The van der Waals surface area contributed by atoms with Crippen LogP contribution in [0.25, 0.3) is 21.9 Å². The first-order chi connectivity index (χ1) is 11.5. The molecule has 0 amide bonds. The molecule has 0 atom stereocenters. The van der Waals surface area contributed by atoms with E-state index in [4.69, 9.17) is 8.83 Å². The van der Waals surface area contributed by atoms with Crippen LogP contribution in [0.5, 0.6) is 0 Å². The number of carbonyl (C=O) groups excluding carboxylic acids is 1. The fourth-order valence-corrected chi connectivity index (χ4v) is 3.66. The fourth-order valence-electron chi connectivity index (χ4n) is 3.66. The zero-order valence-electron chi connectivity index (χ0n) is 13.4. The topological polar surface area (TPSA) is 83.5 Å². The first-order valence-corrected chi connectivity index (χ1v) is 8.25. The van der Waals surface area contributed by atoms with E-state index in [9.17, 15) is 14.7 Å². The highest BCUT2D eigenvalue weighted by molar-refractivity contribution is 5.97. The molecule has 5 nitrogen and oxygen atoms in total. The Bertz CT molecular complexity index is 1020. The third kappa shape index (κ3) is 2.31. The molecule has 0 fully saturated rings. The molecule has 0 spiro atoms. The van der Waals surface area contributed by atoms with Gasteiger partial charge in [-0.15, -0.1) is 0 Å². The van der Waals surface area contributed by atoms with E-state index in [1.54, 1.807) is 6.07 Å². The molecule has 5 heteroatoms. The number of benzene rings is 1. The number of carboxylic acids is 1. The minimum Gasteiger partial charge on any atom is -0.550 e. The third-order valence-electron chi connectivity index (χ3n) is 4.94. The maximum absolute atomic E-state index is 12.2. The highest BCUT2D eigenvalue weighted by Crippen LogP contribution is 2.35. The maximum Gasteiger partial charge on any atom is 0.339 e. The van der Waals surface area contributed by atoms with Crippen LogP contribution in [0.3, 0.4) is 0 Å². The van der Waals surface area contributed by atoms with Gasteiger partial charge in [-0.1, -0.05) is 0 Å². The molecule has 1 aliphatic rings. The molecular weight excluding hydrogens is 308 g/mol. The minimum atomic E-state index is -1.17. The first kappa shape index (κ1) is 15.0. The van der Waals surface area contributed by atoms with Crippen molar-refractivity contribution in [3.8, 4) is 0 Å². The molecule has 3 aromatic rings. The van der Waals surface area contributed by atoms with Crippen LogP contribution < -0.4 is 10.7 Å². The summed E-state index contributed by atoms with van der Waals surface area (Å²) in [4.78, 5) is 22.9. The fraction of sp³-hybridized carbons (Fsp3) is 0.368. The van der Waals surface area contributed by atoms with E-state index >= 15 is 0 Å². The highest BCUT2D eigenvalue weighted by Gasteiger charge is 2.20. The smallest absolute Gasteiger partial charge is 0.339 e. The number of carboxylic acid groups (broad SMARTS) is 1. The quantitative estimate of drug-likeness (QED) is 0.691. The molecule has 0 aliphatic heterocycles. The SMILES string of the molecule is Cc1c(CCC(=O)[O-])c(=O)oc2cc3oc4c(c3cc12)CCCC4. The van der Waals surface area contributed by atoms with Crippen LogP contribution >= 0.6 is 0 Å². The van der Waals surface area contributed by atoms with E-state index < -0.39 is 11.6 Å². The van der Waals surface area contributed by atoms with Gasteiger partial charge < -0.3 is 18.7 Å². The summed E-state index contributed by atoms with van der Waals surface area (Å²) in [6, 6.07) is 3.79. The molecule has 124 valence electrons. The zero-order chi connectivity index (χ0) is 16.8. The number of aryl methyl sites for hydroxylation is 3. The van der Waals surface area contributed by atoms with Crippen molar-refractivity contribution in [3.63, 3.8) is 0 Å². The Labute approximate surface area is 137 Å². The number of hydrogen-bond donors (Lipinski definition) is 0. The lowest BCUT2D eigenvalue weighted by molar-refractivity contribution is -0.305. The number of hydrogen-bond acceptors (Lipinski definition) is 5. The van der Waals surface area contributed by atoms with Crippen LogP contribution in [0.2, 0.25) is 0 Å². The largest absolute Gasteiger partial charge is 0.550 e. The average Bonchev–Trinajstić information content (AvgIpc) is 2.90. The van der Waals surface area contributed by atoms with Gasteiger partial charge in [-0.05, 0) is 50.7 Å². The molecule has 0 saturated heterocycles. The molecule has 2 heterocycles. The van der Waals surface area contributed by atoms with Gasteiger partial charge in [0.1, 0.15) is 16.9 Å². The third-order valence-corrected chi connectivity index (χ3v) is 4.94. The first-order valence-electron chi connectivity index (χ1n) is 8.25. The van der Waals surface area contributed by atoms with Crippen molar-refractivity contribution in [2.75, 3.05) is 0 Å². The Kier molecular flexibility index (Phi) is 3.44. The molecule has 24 heavy (non-hydrogen) atoms. The van der Waals surface area contributed by atoms with Gasteiger partial charge in [0.15, 0.2) is 0 Å². The van der Waals surface area contributed by atoms with E-state index in [-0.39, 0.29) is 12.8 Å². The molecule has 0 radical (unpaired) electrons. The van der Waals surface area contributed by atoms with Gasteiger partial charge in [0.05, 0.1) is 0 Å². The van der Waals surface area contributed by atoms with Crippen LogP contribution in [0.4, 0.5) is 0 Å². The van der Waals surface area contributed by atoms with Gasteiger partial charge in [-0.2, -0.15) is 0 Å². The summed E-state index contributed by atoms with van der Waals surface area (Å²) in [5.74, 6) is -0.142. The monoisotopic (exact) mass is 325 g/mol. The summed E-state index contributed by atoms with van der Waals surface area (Å²) < 4.78 is 11.4. The number of carbonyl (C=O) groups is 1. The summed E-state index contributed by atoms with van der Waals surface area (Å²) >= 11 is 0. The van der Waals surface area contributed by atoms with Crippen molar-refractivity contribution in [2.45, 2.75) is 45.4 Å². The molecule has 0 N–H and O–H groups in total. The van der Waals surface area contributed by atoms with Gasteiger partial charge in [0, 0.05) is 40.4 Å². The number of fused-ring (bicyclic) bond motifs is 4. The van der Waals surface area contributed by atoms with E-state index in [2.05, 4.69) is 0 Å². The van der Waals surface area contributed by atoms with Crippen molar-refractivity contribution >= 4 is 27.9 Å². The number of furan rings is 1. The van der Waals surface area contributed by atoms with Crippen molar-refractivity contribution in [2.24, 2.45) is 0 Å². The maximum atomic E-state index is 12.2. The van der Waals surface area contributed by atoms with E-state index in [0.29, 0.717) is 11.1 Å². The van der Waals surface area contributed by atoms with Crippen molar-refractivity contribution in [1.29, 1.82) is 0 Å². The molecule has 4 rings (SSSR count). The van der Waals surface area contributed by atoms with E-state index in [1.807, 2.05) is 13.0 Å². The number of aliphatic carboxylic acids is 1. The van der Waals surface area contributed by atoms with Crippen molar-refractivity contribution < 1.29 is 18.7 Å². The lowest BCUT2D eigenvalue weighted by Gasteiger charge is -2.10. The van der Waals surface area contributed by atoms with Crippen LogP contribution in [-0.2, 0) is 24.1 Å². The molecule has 0 saturated carbocycles. The Morgan fingerprint density at radius 3 is 2.67 bits per heavy atom. The molecule has 0 unspecified atom stereocenters. The predicted octanol–water partition coefficient (Wildman–Crippen LogP) is 2.41.